The number of anilines is 1. The molecule has 1 aromatic rings. The number of hydrogen-bond donors (Lipinski definition) is 2. The standard InChI is InChI=1S/C13H13Cl2NO3/c14-9-4-10(15)6-11(5-9)16-12(17)7-1-2-8(3-7)13(18)19/h4-8H,1-3H2,(H,16,17)(H,18,19). The number of rotatable bonds is 3. The van der Waals surface area contributed by atoms with Crippen LogP contribution in [-0.4, -0.2) is 17.0 Å². The van der Waals surface area contributed by atoms with Crippen LogP contribution in [0.25, 0.3) is 0 Å². The van der Waals surface area contributed by atoms with E-state index in [0.717, 1.165) is 0 Å². The van der Waals surface area contributed by atoms with Crippen LogP contribution in [0, 0.1) is 11.8 Å². The number of aliphatic carboxylic acids is 1. The maximum Gasteiger partial charge on any atom is 0.306 e. The fraction of sp³-hybridized carbons (Fsp3) is 0.385. The normalized spacial score (nSPS) is 22.2. The third kappa shape index (κ3) is 3.61. The van der Waals surface area contributed by atoms with Gasteiger partial charge in [0.1, 0.15) is 0 Å². The van der Waals surface area contributed by atoms with E-state index >= 15 is 0 Å². The van der Waals surface area contributed by atoms with Gasteiger partial charge in [-0.25, -0.2) is 0 Å². The van der Waals surface area contributed by atoms with Gasteiger partial charge in [-0.3, -0.25) is 9.59 Å². The van der Waals surface area contributed by atoms with E-state index in [0.29, 0.717) is 35.0 Å². The van der Waals surface area contributed by atoms with E-state index in [1.54, 1.807) is 18.2 Å². The summed E-state index contributed by atoms with van der Waals surface area (Å²) in [5.74, 6) is -1.69. The van der Waals surface area contributed by atoms with Crippen LogP contribution in [0.3, 0.4) is 0 Å². The minimum Gasteiger partial charge on any atom is -0.481 e. The van der Waals surface area contributed by atoms with Crippen LogP contribution >= 0.6 is 23.2 Å². The molecule has 6 heteroatoms. The van der Waals surface area contributed by atoms with Gasteiger partial charge < -0.3 is 10.4 Å². The summed E-state index contributed by atoms with van der Waals surface area (Å²) >= 11 is 11.7. The van der Waals surface area contributed by atoms with Crippen molar-refractivity contribution in [3.63, 3.8) is 0 Å². The summed E-state index contributed by atoms with van der Waals surface area (Å²) in [7, 11) is 0. The molecule has 102 valence electrons. The van der Waals surface area contributed by atoms with Gasteiger partial charge in [0, 0.05) is 21.7 Å². The highest BCUT2D eigenvalue weighted by atomic mass is 35.5. The lowest BCUT2D eigenvalue weighted by Crippen LogP contribution is -2.21. The molecule has 2 N–H and O–H groups in total. The largest absolute Gasteiger partial charge is 0.481 e. The quantitative estimate of drug-likeness (QED) is 0.899. The summed E-state index contributed by atoms with van der Waals surface area (Å²) in [4.78, 5) is 22.9. The monoisotopic (exact) mass is 301 g/mol. The molecule has 1 aliphatic carbocycles. The van der Waals surface area contributed by atoms with Crippen molar-refractivity contribution in [2.75, 3.05) is 5.32 Å². The van der Waals surface area contributed by atoms with Crippen molar-refractivity contribution >= 4 is 40.8 Å². The highest BCUT2D eigenvalue weighted by Crippen LogP contribution is 2.32. The molecule has 1 saturated carbocycles. The van der Waals surface area contributed by atoms with Gasteiger partial charge in [-0.05, 0) is 37.5 Å². The van der Waals surface area contributed by atoms with Crippen molar-refractivity contribution in [1.82, 2.24) is 0 Å². The number of carboxylic acid groups (broad SMARTS) is 1. The molecule has 0 heterocycles. The van der Waals surface area contributed by atoms with E-state index in [2.05, 4.69) is 5.32 Å². The summed E-state index contributed by atoms with van der Waals surface area (Å²) in [6, 6.07) is 4.79. The highest BCUT2D eigenvalue weighted by Gasteiger charge is 2.33. The summed E-state index contributed by atoms with van der Waals surface area (Å²) in [5.41, 5.74) is 0.529. The van der Waals surface area contributed by atoms with Crippen LogP contribution in [0.2, 0.25) is 10.0 Å². The molecule has 2 rings (SSSR count). The minimum absolute atomic E-state index is 0.179. The number of amides is 1. The predicted molar refractivity (Wildman–Crippen MR) is 73.6 cm³/mol. The van der Waals surface area contributed by atoms with Crippen molar-refractivity contribution in [2.24, 2.45) is 11.8 Å². The zero-order chi connectivity index (χ0) is 14.0. The van der Waals surface area contributed by atoms with Gasteiger partial charge in [0.2, 0.25) is 5.91 Å². The molecular weight excluding hydrogens is 289 g/mol. The van der Waals surface area contributed by atoms with Crippen molar-refractivity contribution in [1.29, 1.82) is 0 Å². The Balaban J connectivity index is 2.00. The Bertz CT molecular complexity index is 498. The van der Waals surface area contributed by atoms with Gasteiger partial charge in [0.15, 0.2) is 0 Å². The average Bonchev–Trinajstić information content (AvgIpc) is 2.76. The average molecular weight is 302 g/mol. The number of halogens is 2. The zero-order valence-electron chi connectivity index (χ0n) is 10.0. The second-order valence-corrected chi connectivity index (χ2v) is 5.57. The molecule has 2 atom stereocenters. The number of carboxylic acids is 1. The van der Waals surface area contributed by atoms with Gasteiger partial charge in [0.05, 0.1) is 5.92 Å². The maximum atomic E-state index is 12.0. The molecule has 0 bridgehead atoms. The molecule has 0 saturated heterocycles. The summed E-state index contributed by atoms with van der Waals surface area (Å²) < 4.78 is 0. The highest BCUT2D eigenvalue weighted by molar-refractivity contribution is 6.35. The Morgan fingerprint density at radius 3 is 2.21 bits per heavy atom. The fourth-order valence-corrected chi connectivity index (χ4v) is 2.84. The molecule has 0 spiro atoms. The van der Waals surface area contributed by atoms with E-state index in [1.807, 2.05) is 0 Å². The number of carbonyl (C=O) groups is 2. The number of nitrogens with one attached hydrogen (secondary N) is 1. The van der Waals surface area contributed by atoms with E-state index in [9.17, 15) is 9.59 Å². The summed E-state index contributed by atoms with van der Waals surface area (Å²) in [6.07, 6.45) is 1.52. The van der Waals surface area contributed by atoms with E-state index in [4.69, 9.17) is 28.3 Å². The van der Waals surface area contributed by atoms with Crippen molar-refractivity contribution in [3.05, 3.63) is 28.2 Å². The van der Waals surface area contributed by atoms with Crippen molar-refractivity contribution < 1.29 is 14.7 Å². The predicted octanol–water partition coefficient (Wildman–Crippen LogP) is 3.43. The van der Waals surface area contributed by atoms with Crippen LogP contribution in [-0.2, 0) is 9.59 Å². The fourth-order valence-electron chi connectivity index (χ4n) is 2.31. The molecule has 2 unspecified atom stereocenters. The minimum atomic E-state index is -0.832. The first-order valence-electron chi connectivity index (χ1n) is 5.95. The third-order valence-electron chi connectivity index (χ3n) is 3.28. The van der Waals surface area contributed by atoms with Gasteiger partial charge in [0.25, 0.3) is 0 Å². The second-order valence-electron chi connectivity index (χ2n) is 4.69. The number of benzene rings is 1. The Hall–Kier alpha value is -1.26. The number of hydrogen-bond acceptors (Lipinski definition) is 2. The van der Waals surface area contributed by atoms with Crippen LogP contribution in [0.5, 0.6) is 0 Å². The zero-order valence-corrected chi connectivity index (χ0v) is 11.5. The Labute approximate surface area is 120 Å². The molecule has 1 fully saturated rings. The summed E-state index contributed by atoms with van der Waals surface area (Å²) in [6.45, 7) is 0. The molecule has 0 radical (unpaired) electrons. The first kappa shape index (κ1) is 14.2. The molecule has 0 aromatic heterocycles. The van der Waals surface area contributed by atoms with Gasteiger partial charge >= 0.3 is 5.97 Å². The molecule has 0 aliphatic heterocycles. The van der Waals surface area contributed by atoms with Crippen LogP contribution in [0.15, 0.2) is 18.2 Å². The molecule has 19 heavy (non-hydrogen) atoms. The Morgan fingerprint density at radius 2 is 1.68 bits per heavy atom. The lowest BCUT2D eigenvalue weighted by molar-refractivity contribution is -0.141. The lowest BCUT2D eigenvalue weighted by Gasteiger charge is -2.11. The SMILES string of the molecule is O=C(O)C1CCC(C(=O)Nc2cc(Cl)cc(Cl)c2)C1. The van der Waals surface area contributed by atoms with Crippen LogP contribution in [0.1, 0.15) is 19.3 Å². The van der Waals surface area contributed by atoms with Crippen molar-refractivity contribution in [3.8, 4) is 0 Å². The third-order valence-corrected chi connectivity index (χ3v) is 3.72. The lowest BCUT2D eigenvalue weighted by atomic mass is 10.0. The van der Waals surface area contributed by atoms with Crippen LogP contribution in [0.4, 0.5) is 5.69 Å². The van der Waals surface area contributed by atoms with Gasteiger partial charge in [-0.15, -0.1) is 0 Å². The second kappa shape index (κ2) is 5.80. The smallest absolute Gasteiger partial charge is 0.306 e. The Morgan fingerprint density at radius 1 is 1.11 bits per heavy atom. The topological polar surface area (TPSA) is 66.4 Å². The van der Waals surface area contributed by atoms with Crippen LogP contribution < -0.4 is 5.32 Å². The molecule has 4 nitrogen and oxygen atoms in total. The molecule has 1 amide bonds. The molecule has 1 aromatic carbocycles. The van der Waals surface area contributed by atoms with Crippen molar-refractivity contribution in [2.45, 2.75) is 19.3 Å². The maximum absolute atomic E-state index is 12.0. The Kier molecular flexibility index (Phi) is 4.32. The molecular formula is C13H13Cl2NO3. The summed E-state index contributed by atoms with van der Waals surface area (Å²) in [5, 5.41) is 12.5. The molecule has 1 aliphatic rings. The van der Waals surface area contributed by atoms with Gasteiger partial charge in [-0.2, -0.15) is 0 Å². The van der Waals surface area contributed by atoms with E-state index in [1.165, 1.54) is 0 Å². The first-order chi connectivity index (χ1) is 8.95. The van der Waals surface area contributed by atoms with Gasteiger partial charge in [-0.1, -0.05) is 23.2 Å². The number of carbonyl (C=O) groups excluding carboxylic acids is 1. The first-order valence-corrected chi connectivity index (χ1v) is 6.71. The van der Waals surface area contributed by atoms with E-state index in [-0.39, 0.29) is 11.8 Å². The van der Waals surface area contributed by atoms with E-state index < -0.39 is 11.9 Å².